The lowest BCUT2D eigenvalue weighted by atomic mass is 10.0. The Morgan fingerprint density at radius 3 is 2.56 bits per heavy atom. The number of methoxy groups -OCH3 is 2. The summed E-state index contributed by atoms with van der Waals surface area (Å²) in [4.78, 5) is 15.4. The molecule has 1 amide bonds. The van der Waals surface area contributed by atoms with Crippen LogP contribution in [-0.2, 0) is 11.3 Å². The molecular formula is C21H25BrN2O3. The topological polar surface area (TPSA) is 50.8 Å². The van der Waals surface area contributed by atoms with E-state index in [1.54, 1.807) is 14.2 Å². The molecule has 2 aromatic rings. The average molecular weight is 433 g/mol. The fourth-order valence-corrected chi connectivity index (χ4v) is 3.99. The molecule has 0 aliphatic carbocycles. The monoisotopic (exact) mass is 432 g/mol. The van der Waals surface area contributed by atoms with Gasteiger partial charge in [-0.25, -0.2) is 0 Å². The Labute approximate surface area is 168 Å². The van der Waals surface area contributed by atoms with Gasteiger partial charge < -0.3 is 14.8 Å². The zero-order valence-corrected chi connectivity index (χ0v) is 17.3. The summed E-state index contributed by atoms with van der Waals surface area (Å²) in [6.45, 7) is 2.26. The summed E-state index contributed by atoms with van der Waals surface area (Å²) in [6.07, 6.45) is 2.25. The van der Waals surface area contributed by atoms with Crippen molar-refractivity contribution >= 4 is 21.8 Å². The molecule has 0 spiro atoms. The van der Waals surface area contributed by atoms with Gasteiger partial charge >= 0.3 is 0 Å². The minimum absolute atomic E-state index is 0.000118. The second-order valence-electron chi connectivity index (χ2n) is 6.57. The fraction of sp³-hybridized carbons (Fsp3) is 0.381. The summed E-state index contributed by atoms with van der Waals surface area (Å²) in [6, 6.07) is 13.4. The molecule has 0 unspecified atom stereocenters. The van der Waals surface area contributed by atoms with Crippen molar-refractivity contribution in [2.45, 2.75) is 25.4 Å². The van der Waals surface area contributed by atoms with Gasteiger partial charge in [0.2, 0.25) is 5.91 Å². The second-order valence-corrected chi connectivity index (χ2v) is 7.49. The smallest absolute Gasteiger partial charge is 0.242 e. The number of carbonyl (C=O) groups excluding carboxylic acids is 1. The Bertz CT molecular complexity index is 791. The van der Waals surface area contributed by atoms with Crippen molar-refractivity contribution in [1.29, 1.82) is 0 Å². The first kappa shape index (κ1) is 19.7. The first-order valence-electron chi connectivity index (χ1n) is 9.11. The Morgan fingerprint density at radius 1 is 1.15 bits per heavy atom. The highest BCUT2D eigenvalue weighted by molar-refractivity contribution is 9.10. The van der Waals surface area contributed by atoms with Crippen molar-refractivity contribution in [1.82, 2.24) is 10.2 Å². The number of likely N-dealkylation sites (tertiary alicyclic amines) is 1. The Balaban J connectivity index is 1.79. The van der Waals surface area contributed by atoms with Gasteiger partial charge in [-0.15, -0.1) is 0 Å². The number of para-hydroxylation sites is 1. The molecule has 0 bridgehead atoms. The van der Waals surface area contributed by atoms with E-state index in [2.05, 4.69) is 26.1 Å². The summed E-state index contributed by atoms with van der Waals surface area (Å²) in [7, 11) is 3.22. The van der Waals surface area contributed by atoms with Gasteiger partial charge in [0.25, 0.3) is 0 Å². The van der Waals surface area contributed by atoms with Crippen LogP contribution in [0.3, 0.4) is 0 Å². The van der Waals surface area contributed by atoms with Gasteiger partial charge in [0.15, 0.2) is 11.5 Å². The third-order valence-electron chi connectivity index (χ3n) is 4.86. The maximum Gasteiger partial charge on any atom is 0.242 e. The van der Waals surface area contributed by atoms with Gasteiger partial charge in [0.1, 0.15) is 6.04 Å². The summed E-state index contributed by atoms with van der Waals surface area (Å²) in [5, 5.41) is 3.09. The van der Waals surface area contributed by atoms with Crippen LogP contribution in [-0.4, -0.2) is 38.1 Å². The molecular weight excluding hydrogens is 408 g/mol. The van der Waals surface area contributed by atoms with Crippen LogP contribution in [0, 0.1) is 0 Å². The van der Waals surface area contributed by atoms with E-state index in [1.807, 2.05) is 42.5 Å². The Kier molecular flexibility index (Phi) is 6.74. The highest BCUT2D eigenvalue weighted by Gasteiger charge is 2.29. The van der Waals surface area contributed by atoms with Crippen LogP contribution in [0.1, 0.15) is 30.0 Å². The molecule has 144 valence electrons. The third kappa shape index (κ3) is 4.62. The number of nitrogens with zero attached hydrogens (tertiary/aromatic N) is 1. The molecule has 27 heavy (non-hydrogen) atoms. The van der Waals surface area contributed by atoms with Gasteiger partial charge in [0, 0.05) is 16.6 Å². The maximum absolute atomic E-state index is 13.1. The molecule has 1 atom stereocenters. The van der Waals surface area contributed by atoms with Crippen LogP contribution >= 0.6 is 15.9 Å². The lowest BCUT2D eigenvalue weighted by molar-refractivity contribution is -0.126. The molecule has 0 aromatic heterocycles. The Hall–Kier alpha value is -2.05. The predicted molar refractivity (Wildman–Crippen MR) is 109 cm³/mol. The average Bonchev–Trinajstić information content (AvgIpc) is 3.20. The molecule has 3 rings (SSSR count). The van der Waals surface area contributed by atoms with E-state index in [0.717, 1.165) is 41.5 Å². The van der Waals surface area contributed by atoms with Gasteiger partial charge in [-0.3, -0.25) is 9.69 Å². The zero-order chi connectivity index (χ0) is 19.2. The van der Waals surface area contributed by atoms with E-state index in [1.165, 1.54) is 0 Å². The number of nitrogens with one attached hydrogen (secondary N) is 1. The largest absolute Gasteiger partial charge is 0.493 e. The number of hydrogen-bond donors (Lipinski definition) is 1. The van der Waals surface area contributed by atoms with Crippen molar-refractivity contribution in [3.05, 3.63) is 58.1 Å². The van der Waals surface area contributed by atoms with Crippen molar-refractivity contribution in [2.75, 3.05) is 27.3 Å². The standard InChI is InChI=1S/C21H25BrN2O3/c1-26-18-10-6-8-16(20(18)27-2)14-23-21(25)19(24-11-3-4-12-24)15-7-5-9-17(22)13-15/h5-10,13,19H,3-4,11-12,14H2,1-2H3,(H,23,25)/t19-/m1/s1. The molecule has 1 saturated heterocycles. The molecule has 1 aliphatic heterocycles. The second kappa shape index (κ2) is 9.24. The van der Waals surface area contributed by atoms with Gasteiger partial charge in [-0.05, 0) is 49.7 Å². The number of amides is 1. The third-order valence-corrected chi connectivity index (χ3v) is 5.35. The summed E-state index contributed by atoms with van der Waals surface area (Å²) >= 11 is 3.52. The summed E-state index contributed by atoms with van der Waals surface area (Å²) < 4.78 is 11.8. The van der Waals surface area contributed by atoms with Crippen LogP contribution in [0.25, 0.3) is 0 Å². The molecule has 1 fully saturated rings. The number of hydrogen-bond acceptors (Lipinski definition) is 4. The number of benzene rings is 2. The van der Waals surface area contributed by atoms with E-state index in [0.29, 0.717) is 18.0 Å². The van der Waals surface area contributed by atoms with Gasteiger partial charge in [-0.2, -0.15) is 0 Å². The van der Waals surface area contributed by atoms with E-state index in [9.17, 15) is 4.79 Å². The molecule has 0 saturated carbocycles. The van der Waals surface area contributed by atoms with E-state index in [4.69, 9.17) is 9.47 Å². The quantitative estimate of drug-likeness (QED) is 0.719. The summed E-state index contributed by atoms with van der Waals surface area (Å²) in [5.41, 5.74) is 1.89. The van der Waals surface area contributed by atoms with Crippen LogP contribution in [0.4, 0.5) is 0 Å². The molecule has 5 nitrogen and oxygen atoms in total. The normalized spacial score (nSPS) is 15.4. The summed E-state index contributed by atoms with van der Waals surface area (Å²) in [5.74, 6) is 1.31. The molecule has 6 heteroatoms. The highest BCUT2D eigenvalue weighted by atomic mass is 79.9. The lowest BCUT2D eigenvalue weighted by Gasteiger charge is -2.27. The minimum atomic E-state index is -0.290. The van der Waals surface area contributed by atoms with E-state index < -0.39 is 0 Å². The van der Waals surface area contributed by atoms with Crippen LogP contribution < -0.4 is 14.8 Å². The number of rotatable bonds is 7. The lowest BCUT2D eigenvalue weighted by Crippen LogP contribution is -2.39. The number of carbonyl (C=O) groups is 1. The SMILES string of the molecule is COc1cccc(CNC(=O)[C@@H](c2cccc(Br)c2)N2CCCC2)c1OC. The van der Waals surface area contributed by atoms with Crippen molar-refractivity contribution in [3.8, 4) is 11.5 Å². The van der Waals surface area contributed by atoms with E-state index >= 15 is 0 Å². The van der Waals surface area contributed by atoms with Gasteiger partial charge in [0.05, 0.1) is 14.2 Å². The van der Waals surface area contributed by atoms with Crippen LogP contribution in [0.2, 0.25) is 0 Å². The number of ether oxygens (including phenoxy) is 2. The predicted octanol–water partition coefficient (Wildman–Crippen LogP) is 3.92. The van der Waals surface area contributed by atoms with Crippen molar-refractivity contribution in [2.24, 2.45) is 0 Å². The van der Waals surface area contributed by atoms with Crippen LogP contribution in [0.5, 0.6) is 11.5 Å². The minimum Gasteiger partial charge on any atom is -0.493 e. The molecule has 2 aromatic carbocycles. The van der Waals surface area contributed by atoms with Crippen LogP contribution in [0.15, 0.2) is 46.9 Å². The number of halogens is 1. The molecule has 1 N–H and O–H groups in total. The zero-order valence-electron chi connectivity index (χ0n) is 15.7. The fourth-order valence-electron chi connectivity index (χ4n) is 3.58. The molecule has 0 radical (unpaired) electrons. The van der Waals surface area contributed by atoms with Gasteiger partial charge in [-0.1, -0.05) is 40.2 Å². The molecule has 1 heterocycles. The maximum atomic E-state index is 13.1. The van der Waals surface area contributed by atoms with Crippen molar-refractivity contribution < 1.29 is 14.3 Å². The molecule has 1 aliphatic rings. The van der Waals surface area contributed by atoms with Crippen molar-refractivity contribution in [3.63, 3.8) is 0 Å². The first-order chi connectivity index (χ1) is 13.1. The first-order valence-corrected chi connectivity index (χ1v) is 9.90. The van der Waals surface area contributed by atoms with E-state index in [-0.39, 0.29) is 11.9 Å². The highest BCUT2D eigenvalue weighted by Crippen LogP contribution is 2.31. The Morgan fingerprint density at radius 2 is 1.89 bits per heavy atom.